The third-order valence-electron chi connectivity index (χ3n) is 5.24. The van der Waals surface area contributed by atoms with E-state index in [1.165, 1.54) is 5.56 Å². The van der Waals surface area contributed by atoms with Gasteiger partial charge in [0.1, 0.15) is 24.8 Å². The molecule has 0 aromatic heterocycles. The van der Waals surface area contributed by atoms with Crippen molar-refractivity contribution in [1.82, 2.24) is 5.32 Å². The molecule has 1 fully saturated rings. The van der Waals surface area contributed by atoms with Crippen LogP contribution in [0.1, 0.15) is 28.8 Å². The van der Waals surface area contributed by atoms with Crippen molar-refractivity contribution in [3.05, 3.63) is 114 Å². The van der Waals surface area contributed by atoms with Gasteiger partial charge in [-0.25, -0.2) is 4.99 Å². The Kier molecular flexibility index (Phi) is 4.75. The van der Waals surface area contributed by atoms with Gasteiger partial charge in [0.25, 0.3) is 0 Å². The number of benzene rings is 3. The molecule has 0 amide bonds. The van der Waals surface area contributed by atoms with Crippen molar-refractivity contribution in [1.29, 1.82) is 0 Å². The molecule has 1 N–H and O–H groups in total. The van der Waals surface area contributed by atoms with Gasteiger partial charge in [0.05, 0.1) is 6.04 Å². The van der Waals surface area contributed by atoms with Crippen LogP contribution in [0.5, 0.6) is 0 Å². The first-order valence-electron chi connectivity index (χ1n) is 9.88. The van der Waals surface area contributed by atoms with Gasteiger partial charge in [-0.3, -0.25) is 0 Å². The van der Waals surface area contributed by atoms with Gasteiger partial charge in [-0.1, -0.05) is 91.0 Å². The van der Waals surface area contributed by atoms with Crippen LogP contribution in [0.25, 0.3) is 5.57 Å². The Hall–Kier alpha value is -3.53. The van der Waals surface area contributed by atoms with Gasteiger partial charge >= 0.3 is 0 Å². The first-order valence-corrected chi connectivity index (χ1v) is 9.88. The molecule has 4 heteroatoms. The smallest absolute Gasteiger partial charge is 0.223 e. The van der Waals surface area contributed by atoms with Crippen LogP contribution >= 0.6 is 0 Å². The van der Waals surface area contributed by atoms with Crippen LogP contribution in [0, 0.1) is 0 Å². The Morgan fingerprint density at radius 1 is 0.724 bits per heavy atom. The summed E-state index contributed by atoms with van der Waals surface area (Å²) in [7, 11) is 0. The molecule has 2 aliphatic rings. The summed E-state index contributed by atoms with van der Waals surface area (Å²) >= 11 is 0. The van der Waals surface area contributed by atoms with Crippen LogP contribution in [0.15, 0.2) is 102 Å². The van der Waals surface area contributed by atoms with E-state index in [4.69, 9.17) is 14.5 Å². The van der Waals surface area contributed by atoms with Crippen LogP contribution in [-0.4, -0.2) is 19.1 Å². The van der Waals surface area contributed by atoms with Crippen LogP contribution in [0.3, 0.4) is 0 Å². The molecule has 5 rings (SSSR count). The Morgan fingerprint density at radius 2 is 1.34 bits per heavy atom. The van der Waals surface area contributed by atoms with Crippen LogP contribution < -0.4 is 5.32 Å². The average Bonchev–Trinajstić information content (AvgIpc) is 3.47. The summed E-state index contributed by atoms with van der Waals surface area (Å²) in [5.41, 5.74) is 4.26. The van der Waals surface area contributed by atoms with Crippen molar-refractivity contribution in [2.75, 3.05) is 13.2 Å². The fourth-order valence-corrected chi connectivity index (χ4v) is 3.73. The quantitative estimate of drug-likeness (QED) is 0.699. The molecule has 1 saturated heterocycles. The van der Waals surface area contributed by atoms with Gasteiger partial charge in [-0.05, 0) is 16.7 Å². The second-order valence-corrected chi connectivity index (χ2v) is 7.16. The van der Waals surface area contributed by atoms with E-state index in [9.17, 15) is 0 Å². The lowest BCUT2D eigenvalue weighted by molar-refractivity contribution is 0.255. The molecule has 3 aromatic rings. The number of ether oxygens (including phenoxy) is 2. The van der Waals surface area contributed by atoms with E-state index in [0.717, 1.165) is 22.6 Å². The lowest BCUT2D eigenvalue weighted by atomic mass is 10.1. The molecule has 0 bridgehead atoms. The third kappa shape index (κ3) is 3.61. The fraction of sp³-hybridized carbons (Fsp3) is 0.160. The molecule has 2 heterocycles. The molecule has 0 radical (unpaired) electrons. The van der Waals surface area contributed by atoms with Crippen LogP contribution in [0.4, 0.5) is 0 Å². The summed E-state index contributed by atoms with van der Waals surface area (Å²) in [6, 6.07) is 30.9. The van der Waals surface area contributed by atoms with E-state index in [1.54, 1.807) is 0 Å². The van der Waals surface area contributed by atoms with Crippen molar-refractivity contribution in [2.45, 2.75) is 12.1 Å². The van der Waals surface area contributed by atoms with Crippen molar-refractivity contribution in [2.24, 2.45) is 4.99 Å². The minimum absolute atomic E-state index is 0.00293. The van der Waals surface area contributed by atoms with Crippen molar-refractivity contribution >= 4 is 11.5 Å². The number of hydrogen-bond acceptors (Lipinski definition) is 4. The van der Waals surface area contributed by atoms with Crippen molar-refractivity contribution < 1.29 is 9.47 Å². The van der Waals surface area contributed by atoms with E-state index in [-0.39, 0.29) is 12.1 Å². The van der Waals surface area contributed by atoms with E-state index in [2.05, 4.69) is 41.7 Å². The van der Waals surface area contributed by atoms with E-state index < -0.39 is 0 Å². The third-order valence-corrected chi connectivity index (χ3v) is 5.24. The average molecular weight is 382 g/mol. The standard InChI is InChI=1S/C25H22N2O2/c1-4-10-18(11-5-1)21-16-28-24(26-21)23(20-14-8-3-9-15-20)25-27-22(17-29-25)19-12-6-2-7-13-19/h1-15,21-22,26H,16-17H2/b24-23+/t21-,22-/m1/s1. The largest absolute Gasteiger partial charge is 0.476 e. The molecule has 0 spiro atoms. The predicted molar refractivity (Wildman–Crippen MR) is 114 cm³/mol. The molecular formula is C25H22N2O2. The highest BCUT2D eigenvalue weighted by Crippen LogP contribution is 2.33. The van der Waals surface area contributed by atoms with Crippen molar-refractivity contribution in [3.8, 4) is 0 Å². The van der Waals surface area contributed by atoms with Gasteiger partial charge in [-0.15, -0.1) is 0 Å². The van der Waals surface area contributed by atoms with Gasteiger partial charge in [0, 0.05) is 0 Å². The SMILES string of the molecule is c1ccc(/C(C2=N[C@@H](c3ccccc3)CO2)=C2/N[C@@H](c3ccccc3)CO2)cc1. The fourth-order valence-electron chi connectivity index (χ4n) is 3.73. The van der Waals surface area contributed by atoms with Crippen molar-refractivity contribution in [3.63, 3.8) is 0 Å². The molecule has 144 valence electrons. The van der Waals surface area contributed by atoms with E-state index in [0.29, 0.717) is 19.1 Å². The summed E-state index contributed by atoms with van der Waals surface area (Å²) in [6.45, 7) is 1.11. The van der Waals surface area contributed by atoms with Crippen LogP contribution in [-0.2, 0) is 9.47 Å². The molecule has 29 heavy (non-hydrogen) atoms. The van der Waals surface area contributed by atoms with Gasteiger partial charge in [0.15, 0.2) is 0 Å². The Bertz CT molecular complexity index is 1030. The second-order valence-electron chi connectivity index (χ2n) is 7.16. The topological polar surface area (TPSA) is 42.8 Å². The number of aliphatic imine (C=N–C) groups is 1. The molecule has 3 aromatic carbocycles. The summed E-state index contributed by atoms with van der Waals surface area (Å²) < 4.78 is 12.2. The zero-order valence-corrected chi connectivity index (χ0v) is 16.0. The maximum Gasteiger partial charge on any atom is 0.223 e. The molecule has 2 aliphatic heterocycles. The first-order chi connectivity index (χ1) is 14.4. The summed E-state index contributed by atoms with van der Waals surface area (Å²) in [4.78, 5) is 4.89. The Balaban J connectivity index is 1.51. The number of rotatable bonds is 4. The summed E-state index contributed by atoms with van der Waals surface area (Å²) in [5, 5.41) is 3.53. The maximum absolute atomic E-state index is 6.10. The minimum Gasteiger partial charge on any atom is -0.476 e. The van der Waals surface area contributed by atoms with Gasteiger partial charge < -0.3 is 14.8 Å². The predicted octanol–water partition coefficient (Wildman–Crippen LogP) is 4.89. The monoisotopic (exact) mass is 382 g/mol. The highest BCUT2D eigenvalue weighted by Gasteiger charge is 2.31. The molecule has 0 aliphatic carbocycles. The number of hydrogen-bond donors (Lipinski definition) is 1. The zero-order valence-electron chi connectivity index (χ0n) is 16.0. The molecular weight excluding hydrogens is 360 g/mol. The highest BCUT2D eigenvalue weighted by atomic mass is 16.5. The van der Waals surface area contributed by atoms with Gasteiger partial charge in [0.2, 0.25) is 11.8 Å². The number of nitrogens with one attached hydrogen (secondary N) is 1. The normalized spacial score (nSPS) is 22.3. The zero-order chi connectivity index (χ0) is 19.5. The summed E-state index contributed by atoms with van der Waals surface area (Å²) in [5.74, 6) is 1.35. The van der Waals surface area contributed by atoms with Crippen LogP contribution in [0.2, 0.25) is 0 Å². The molecule has 4 nitrogen and oxygen atoms in total. The highest BCUT2D eigenvalue weighted by molar-refractivity contribution is 6.20. The Morgan fingerprint density at radius 3 is 2.03 bits per heavy atom. The maximum atomic E-state index is 6.10. The lowest BCUT2D eigenvalue weighted by Crippen LogP contribution is -2.17. The Labute approximate surface area is 170 Å². The van der Waals surface area contributed by atoms with E-state index >= 15 is 0 Å². The second kappa shape index (κ2) is 7.84. The summed E-state index contributed by atoms with van der Waals surface area (Å²) in [6.07, 6.45) is 0. The minimum atomic E-state index is -0.00293. The molecule has 2 atom stereocenters. The lowest BCUT2D eigenvalue weighted by Gasteiger charge is -2.12. The molecule has 0 saturated carbocycles. The molecule has 0 unspecified atom stereocenters. The number of nitrogens with zero attached hydrogens (tertiary/aromatic N) is 1. The first kappa shape index (κ1) is 17.6. The van der Waals surface area contributed by atoms with E-state index in [1.807, 2.05) is 54.6 Å². The van der Waals surface area contributed by atoms with Gasteiger partial charge in [-0.2, -0.15) is 0 Å².